The lowest BCUT2D eigenvalue weighted by atomic mass is 9.93. The van der Waals surface area contributed by atoms with Gasteiger partial charge in [0.2, 0.25) is 0 Å². The standard InChI is InChI=1S/C36H21ClS2/c37-31-17-8-18-33-34(31)30-21-23(19-20-32(30)38-33)24-11-4-5-12-26(24)27-14-7-16-29-28-15-6-13-25(35(28)39-36(27)29)22-9-2-1-3-10-22/h1-21H. The highest BCUT2D eigenvalue weighted by Crippen LogP contribution is 2.46. The smallest absolute Gasteiger partial charge is 0.0499 e. The minimum absolute atomic E-state index is 0.813. The molecule has 0 saturated heterocycles. The van der Waals surface area contributed by atoms with E-state index < -0.39 is 0 Å². The summed E-state index contributed by atoms with van der Waals surface area (Å²) in [4.78, 5) is 0. The Morgan fingerprint density at radius 2 is 1.08 bits per heavy atom. The summed E-state index contributed by atoms with van der Waals surface area (Å²) < 4.78 is 5.16. The normalized spacial score (nSPS) is 11.7. The van der Waals surface area contributed by atoms with Crippen LogP contribution in [0, 0.1) is 0 Å². The predicted molar refractivity (Wildman–Crippen MR) is 174 cm³/mol. The lowest BCUT2D eigenvalue weighted by Crippen LogP contribution is -1.85. The minimum Gasteiger partial charge on any atom is -0.135 e. The van der Waals surface area contributed by atoms with Gasteiger partial charge in [0, 0.05) is 50.9 Å². The summed E-state index contributed by atoms with van der Waals surface area (Å²) >= 11 is 10.4. The first-order valence-electron chi connectivity index (χ1n) is 13.0. The van der Waals surface area contributed by atoms with Gasteiger partial charge < -0.3 is 0 Å². The molecule has 39 heavy (non-hydrogen) atoms. The second-order valence-corrected chi connectivity index (χ2v) is 12.3. The molecule has 0 aliphatic heterocycles. The average Bonchev–Trinajstić information content (AvgIpc) is 3.56. The van der Waals surface area contributed by atoms with Crippen LogP contribution in [0.4, 0.5) is 0 Å². The Balaban J connectivity index is 1.36. The summed E-state index contributed by atoms with van der Waals surface area (Å²) in [5.41, 5.74) is 7.52. The summed E-state index contributed by atoms with van der Waals surface area (Å²) in [6, 6.07) is 45.9. The molecule has 0 bridgehead atoms. The molecular weight excluding hydrogens is 532 g/mol. The van der Waals surface area contributed by atoms with Gasteiger partial charge in [0.1, 0.15) is 0 Å². The van der Waals surface area contributed by atoms with Gasteiger partial charge in [-0.15, -0.1) is 22.7 Å². The van der Waals surface area contributed by atoms with Gasteiger partial charge in [-0.1, -0.05) is 115 Å². The molecule has 0 atom stereocenters. The molecule has 0 fully saturated rings. The number of rotatable bonds is 3. The van der Waals surface area contributed by atoms with E-state index in [0.717, 1.165) is 10.4 Å². The Kier molecular flexibility index (Phi) is 5.34. The van der Waals surface area contributed by atoms with Crippen LogP contribution in [-0.2, 0) is 0 Å². The molecule has 0 amide bonds. The number of hydrogen-bond acceptors (Lipinski definition) is 2. The third kappa shape index (κ3) is 3.64. The summed E-state index contributed by atoms with van der Waals surface area (Å²) in [7, 11) is 0. The molecule has 0 saturated carbocycles. The topological polar surface area (TPSA) is 0 Å². The van der Waals surface area contributed by atoms with Crippen LogP contribution in [0.2, 0.25) is 5.02 Å². The molecule has 2 aromatic heterocycles. The first-order valence-corrected chi connectivity index (χ1v) is 15.0. The van der Waals surface area contributed by atoms with Gasteiger partial charge in [-0.05, 0) is 52.1 Å². The van der Waals surface area contributed by atoms with Crippen molar-refractivity contribution >= 4 is 74.6 Å². The molecule has 6 aromatic carbocycles. The maximum atomic E-state index is 6.67. The first kappa shape index (κ1) is 23.0. The van der Waals surface area contributed by atoms with Crippen molar-refractivity contribution in [3.63, 3.8) is 0 Å². The van der Waals surface area contributed by atoms with E-state index in [9.17, 15) is 0 Å². The van der Waals surface area contributed by atoms with Crippen molar-refractivity contribution in [1.82, 2.24) is 0 Å². The van der Waals surface area contributed by atoms with Crippen molar-refractivity contribution < 1.29 is 0 Å². The maximum absolute atomic E-state index is 6.67. The van der Waals surface area contributed by atoms with Crippen molar-refractivity contribution in [2.75, 3.05) is 0 Å². The van der Waals surface area contributed by atoms with Gasteiger partial charge in [-0.3, -0.25) is 0 Å². The van der Waals surface area contributed by atoms with Gasteiger partial charge in [0.05, 0.1) is 0 Å². The number of halogens is 1. The molecule has 0 aliphatic carbocycles. The molecule has 2 heterocycles. The van der Waals surface area contributed by atoms with Gasteiger partial charge in [0.25, 0.3) is 0 Å². The van der Waals surface area contributed by atoms with Crippen LogP contribution in [0.5, 0.6) is 0 Å². The molecule has 0 aliphatic rings. The lowest BCUT2D eigenvalue weighted by molar-refractivity contribution is 1.63. The van der Waals surface area contributed by atoms with Crippen molar-refractivity contribution in [3.8, 4) is 33.4 Å². The minimum atomic E-state index is 0.813. The van der Waals surface area contributed by atoms with Gasteiger partial charge in [-0.2, -0.15) is 0 Å². The molecule has 3 heteroatoms. The van der Waals surface area contributed by atoms with Crippen molar-refractivity contribution in [2.45, 2.75) is 0 Å². The summed E-state index contributed by atoms with van der Waals surface area (Å²) in [5, 5.41) is 5.81. The second-order valence-electron chi connectivity index (χ2n) is 9.80. The quantitative estimate of drug-likeness (QED) is 0.204. The molecule has 0 radical (unpaired) electrons. The number of hydrogen-bond donors (Lipinski definition) is 0. The lowest BCUT2D eigenvalue weighted by Gasteiger charge is -2.12. The SMILES string of the molecule is Clc1cccc2sc3ccc(-c4ccccc4-c4cccc5c4sc4c(-c6ccccc6)cccc45)cc3c12. The van der Waals surface area contributed by atoms with Gasteiger partial charge in [-0.25, -0.2) is 0 Å². The van der Waals surface area contributed by atoms with E-state index in [2.05, 4.69) is 115 Å². The van der Waals surface area contributed by atoms with Crippen LogP contribution in [0.3, 0.4) is 0 Å². The average molecular weight is 553 g/mol. The Morgan fingerprint density at radius 3 is 1.90 bits per heavy atom. The number of fused-ring (bicyclic) bond motifs is 6. The Bertz CT molecular complexity index is 2180. The number of thiophene rings is 2. The second kappa shape index (κ2) is 9.07. The highest BCUT2D eigenvalue weighted by atomic mass is 35.5. The Hall–Kier alpha value is -3.95. The van der Waals surface area contributed by atoms with Crippen LogP contribution in [0.15, 0.2) is 127 Å². The zero-order valence-corrected chi connectivity index (χ0v) is 23.2. The van der Waals surface area contributed by atoms with E-state index in [1.54, 1.807) is 11.3 Å². The van der Waals surface area contributed by atoms with Gasteiger partial charge in [0.15, 0.2) is 0 Å². The van der Waals surface area contributed by atoms with Crippen LogP contribution < -0.4 is 0 Å². The van der Waals surface area contributed by atoms with E-state index in [4.69, 9.17) is 11.6 Å². The molecular formula is C36H21ClS2. The van der Waals surface area contributed by atoms with E-state index in [0.29, 0.717) is 0 Å². The van der Waals surface area contributed by atoms with Crippen LogP contribution >= 0.6 is 34.3 Å². The fourth-order valence-electron chi connectivity index (χ4n) is 5.80. The predicted octanol–water partition coefficient (Wildman–Crippen LogP) is 12.1. The molecule has 184 valence electrons. The fourth-order valence-corrected chi connectivity index (χ4v) is 8.61. The third-order valence-corrected chi connectivity index (χ3v) is 10.3. The van der Waals surface area contributed by atoms with Crippen molar-refractivity contribution in [2.24, 2.45) is 0 Å². The van der Waals surface area contributed by atoms with Gasteiger partial charge >= 0.3 is 0 Å². The van der Waals surface area contributed by atoms with E-state index in [1.807, 2.05) is 23.5 Å². The maximum Gasteiger partial charge on any atom is 0.0499 e. The van der Waals surface area contributed by atoms with E-state index >= 15 is 0 Å². The summed E-state index contributed by atoms with van der Waals surface area (Å²) in [5.74, 6) is 0. The summed E-state index contributed by atoms with van der Waals surface area (Å²) in [6.45, 7) is 0. The molecule has 0 N–H and O–H groups in total. The van der Waals surface area contributed by atoms with Crippen LogP contribution in [0.1, 0.15) is 0 Å². The van der Waals surface area contributed by atoms with E-state index in [-0.39, 0.29) is 0 Å². The van der Waals surface area contributed by atoms with Crippen LogP contribution in [-0.4, -0.2) is 0 Å². The molecule has 0 spiro atoms. The summed E-state index contributed by atoms with van der Waals surface area (Å²) in [6.07, 6.45) is 0. The first-order chi connectivity index (χ1) is 19.3. The Labute approximate surface area is 239 Å². The molecule has 8 aromatic rings. The monoisotopic (exact) mass is 552 g/mol. The zero-order chi connectivity index (χ0) is 25.9. The van der Waals surface area contributed by atoms with E-state index in [1.165, 1.54) is 68.3 Å². The molecule has 0 unspecified atom stereocenters. The van der Waals surface area contributed by atoms with Crippen LogP contribution in [0.25, 0.3) is 73.7 Å². The third-order valence-electron chi connectivity index (χ3n) is 7.58. The number of benzene rings is 6. The highest BCUT2D eigenvalue weighted by Gasteiger charge is 2.17. The zero-order valence-electron chi connectivity index (χ0n) is 20.8. The molecule has 0 nitrogen and oxygen atoms in total. The van der Waals surface area contributed by atoms with Crippen molar-refractivity contribution in [1.29, 1.82) is 0 Å². The highest BCUT2D eigenvalue weighted by molar-refractivity contribution is 7.27. The Morgan fingerprint density at radius 1 is 0.410 bits per heavy atom. The largest absolute Gasteiger partial charge is 0.135 e. The fraction of sp³-hybridized carbons (Fsp3) is 0. The molecule has 8 rings (SSSR count). The van der Waals surface area contributed by atoms with Crippen molar-refractivity contribution in [3.05, 3.63) is 132 Å².